The molecule has 1 heterocycles. The molecule has 0 radical (unpaired) electrons. The van der Waals surface area contributed by atoms with Crippen molar-refractivity contribution in [3.05, 3.63) is 17.0 Å². The molecule has 0 aliphatic heterocycles. The highest BCUT2D eigenvalue weighted by Gasteiger charge is 2.22. The molecule has 0 fully saturated rings. The van der Waals surface area contributed by atoms with Crippen molar-refractivity contribution in [2.24, 2.45) is 5.41 Å². The van der Waals surface area contributed by atoms with Crippen LogP contribution < -0.4 is 10.0 Å². The fourth-order valence-corrected chi connectivity index (χ4v) is 4.25. The van der Waals surface area contributed by atoms with Crippen molar-refractivity contribution in [1.82, 2.24) is 10.0 Å². The first-order valence-corrected chi connectivity index (χ1v) is 9.78. The first-order chi connectivity index (χ1) is 9.66. The quantitative estimate of drug-likeness (QED) is 0.731. The number of sulfonamides is 1. The maximum Gasteiger partial charge on any atom is 0.250 e. The molecule has 0 amide bonds. The van der Waals surface area contributed by atoms with Crippen LogP contribution in [0.2, 0.25) is 0 Å². The molecule has 122 valence electrons. The molecule has 1 aromatic rings. The van der Waals surface area contributed by atoms with Gasteiger partial charge in [-0.05, 0) is 30.4 Å². The van der Waals surface area contributed by atoms with Gasteiger partial charge in [-0.15, -0.1) is 11.3 Å². The Kier molecular flexibility index (Phi) is 6.84. The van der Waals surface area contributed by atoms with Gasteiger partial charge in [-0.25, -0.2) is 13.1 Å². The van der Waals surface area contributed by atoms with E-state index in [9.17, 15) is 8.42 Å². The lowest BCUT2D eigenvalue weighted by molar-refractivity contribution is 0.350. The number of thiophene rings is 1. The van der Waals surface area contributed by atoms with E-state index < -0.39 is 10.0 Å². The number of rotatable bonds is 9. The van der Waals surface area contributed by atoms with Crippen LogP contribution in [0.4, 0.5) is 0 Å². The Labute approximate surface area is 133 Å². The minimum absolute atomic E-state index is 0.0195. The molecule has 4 nitrogen and oxygen atoms in total. The first-order valence-electron chi connectivity index (χ1n) is 7.48. The van der Waals surface area contributed by atoms with Gasteiger partial charge in [-0.2, -0.15) is 0 Å². The molecule has 0 saturated carbocycles. The van der Waals surface area contributed by atoms with Gasteiger partial charge in [0.05, 0.1) is 0 Å². The number of hydrogen-bond donors (Lipinski definition) is 2. The molecule has 0 aliphatic carbocycles. The van der Waals surface area contributed by atoms with E-state index in [0.29, 0.717) is 16.8 Å². The van der Waals surface area contributed by atoms with Gasteiger partial charge in [0.15, 0.2) is 0 Å². The zero-order chi connectivity index (χ0) is 16.1. The normalized spacial score (nSPS) is 13.0. The van der Waals surface area contributed by atoms with Crippen molar-refractivity contribution < 1.29 is 8.42 Å². The molecular formula is C15H28N2O2S2. The summed E-state index contributed by atoms with van der Waals surface area (Å²) in [6.45, 7) is 11.7. The molecule has 0 bridgehead atoms. The molecule has 0 aliphatic rings. The van der Waals surface area contributed by atoms with Crippen LogP contribution in [0, 0.1) is 5.41 Å². The minimum Gasteiger partial charge on any atom is -0.314 e. The van der Waals surface area contributed by atoms with E-state index in [2.05, 4.69) is 44.7 Å². The monoisotopic (exact) mass is 332 g/mol. The van der Waals surface area contributed by atoms with Gasteiger partial charge < -0.3 is 5.32 Å². The van der Waals surface area contributed by atoms with Gasteiger partial charge in [0, 0.05) is 24.0 Å². The molecule has 21 heavy (non-hydrogen) atoms. The van der Waals surface area contributed by atoms with Crippen LogP contribution in [-0.4, -0.2) is 27.5 Å². The summed E-state index contributed by atoms with van der Waals surface area (Å²) in [6, 6.07) is 4.06. The van der Waals surface area contributed by atoms with Crippen LogP contribution in [0.5, 0.6) is 0 Å². The molecule has 6 heteroatoms. The predicted molar refractivity (Wildman–Crippen MR) is 90.4 cm³/mol. The topological polar surface area (TPSA) is 58.2 Å². The van der Waals surface area contributed by atoms with E-state index in [4.69, 9.17) is 0 Å². The van der Waals surface area contributed by atoms with Crippen LogP contribution in [0.3, 0.4) is 0 Å². The van der Waals surface area contributed by atoms with E-state index in [1.807, 2.05) is 6.07 Å². The molecular weight excluding hydrogens is 304 g/mol. The summed E-state index contributed by atoms with van der Waals surface area (Å²) in [5.74, 6) is 0. The summed E-state index contributed by atoms with van der Waals surface area (Å²) in [4.78, 5) is 1.10. The second-order valence-electron chi connectivity index (χ2n) is 6.42. The van der Waals surface area contributed by atoms with Crippen molar-refractivity contribution >= 4 is 21.4 Å². The molecule has 1 aromatic heterocycles. The van der Waals surface area contributed by atoms with Crippen LogP contribution in [0.15, 0.2) is 16.3 Å². The fourth-order valence-electron chi connectivity index (χ4n) is 1.61. The van der Waals surface area contributed by atoms with Crippen molar-refractivity contribution in [1.29, 1.82) is 0 Å². The summed E-state index contributed by atoms with van der Waals surface area (Å²) in [5.41, 5.74) is -0.0195. The van der Waals surface area contributed by atoms with Gasteiger partial charge in [0.25, 0.3) is 0 Å². The lowest BCUT2D eigenvalue weighted by Crippen LogP contribution is -2.33. The van der Waals surface area contributed by atoms with Gasteiger partial charge in [-0.1, -0.05) is 34.6 Å². The second kappa shape index (κ2) is 7.72. The third-order valence-electron chi connectivity index (χ3n) is 3.52. The van der Waals surface area contributed by atoms with E-state index >= 15 is 0 Å². The lowest BCUT2D eigenvalue weighted by atomic mass is 9.91. The third-order valence-corrected chi connectivity index (χ3v) is 6.56. The highest BCUT2D eigenvalue weighted by Crippen LogP contribution is 2.24. The summed E-state index contributed by atoms with van der Waals surface area (Å²) in [6.07, 6.45) is 1.80. The van der Waals surface area contributed by atoms with Gasteiger partial charge in [0.1, 0.15) is 4.21 Å². The van der Waals surface area contributed by atoms with Crippen molar-refractivity contribution in [2.45, 2.75) is 57.7 Å². The standard InChI is InChI=1S/C15H28N2O2S2/c1-6-15(4,5)11-17-21(18,19)14-8-7-13(20-14)9-10-16-12(2)3/h7-8,12,16-17H,6,9-11H2,1-5H3. The number of hydrogen-bond acceptors (Lipinski definition) is 4. The summed E-state index contributed by atoms with van der Waals surface area (Å²) in [5, 5.41) is 3.34. The summed E-state index contributed by atoms with van der Waals surface area (Å²) >= 11 is 1.36. The lowest BCUT2D eigenvalue weighted by Gasteiger charge is -2.22. The van der Waals surface area contributed by atoms with Crippen LogP contribution >= 0.6 is 11.3 Å². The molecule has 0 spiro atoms. The van der Waals surface area contributed by atoms with Crippen LogP contribution in [-0.2, 0) is 16.4 Å². The first kappa shape index (κ1) is 18.6. The Balaban J connectivity index is 2.62. The van der Waals surface area contributed by atoms with Crippen molar-refractivity contribution in [2.75, 3.05) is 13.1 Å². The fraction of sp³-hybridized carbons (Fsp3) is 0.733. The summed E-state index contributed by atoms with van der Waals surface area (Å²) in [7, 11) is -3.38. The molecule has 2 N–H and O–H groups in total. The predicted octanol–water partition coefficient (Wildman–Crippen LogP) is 3.00. The van der Waals surface area contributed by atoms with Gasteiger partial charge in [0.2, 0.25) is 10.0 Å². The SMILES string of the molecule is CCC(C)(C)CNS(=O)(=O)c1ccc(CCNC(C)C)s1. The van der Waals surface area contributed by atoms with Gasteiger partial charge in [-0.3, -0.25) is 0 Å². The average Bonchev–Trinajstić information content (AvgIpc) is 2.86. The maximum atomic E-state index is 12.3. The van der Waals surface area contributed by atoms with Gasteiger partial charge >= 0.3 is 0 Å². The Bertz CT molecular complexity index is 534. The number of nitrogens with one attached hydrogen (secondary N) is 2. The van der Waals surface area contributed by atoms with Crippen molar-refractivity contribution in [3.63, 3.8) is 0 Å². The maximum absolute atomic E-state index is 12.3. The molecule has 0 saturated heterocycles. The third kappa shape index (κ3) is 6.46. The smallest absolute Gasteiger partial charge is 0.250 e. The summed E-state index contributed by atoms with van der Waals surface area (Å²) < 4.78 is 27.7. The average molecular weight is 333 g/mol. The Morgan fingerprint density at radius 1 is 1.29 bits per heavy atom. The highest BCUT2D eigenvalue weighted by molar-refractivity contribution is 7.91. The Hall–Kier alpha value is -0.430. The van der Waals surface area contributed by atoms with Crippen LogP contribution in [0.1, 0.15) is 45.9 Å². The molecule has 0 unspecified atom stereocenters. The van der Waals surface area contributed by atoms with Crippen LogP contribution in [0.25, 0.3) is 0 Å². The Morgan fingerprint density at radius 3 is 2.52 bits per heavy atom. The zero-order valence-corrected chi connectivity index (χ0v) is 15.3. The van der Waals surface area contributed by atoms with E-state index in [1.165, 1.54) is 11.3 Å². The molecule has 0 aromatic carbocycles. The molecule has 0 atom stereocenters. The van der Waals surface area contributed by atoms with E-state index in [-0.39, 0.29) is 5.41 Å². The second-order valence-corrected chi connectivity index (χ2v) is 9.58. The Morgan fingerprint density at radius 2 is 1.95 bits per heavy atom. The largest absolute Gasteiger partial charge is 0.314 e. The van der Waals surface area contributed by atoms with E-state index in [1.54, 1.807) is 6.07 Å². The molecule has 1 rings (SSSR count). The van der Waals surface area contributed by atoms with E-state index in [0.717, 1.165) is 24.3 Å². The van der Waals surface area contributed by atoms with Crippen molar-refractivity contribution in [3.8, 4) is 0 Å². The minimum atomic E-state index is -3.38. The zero-order valence-electron chi connectivity index (χ0n) is 13.7. The highest BCUT2D eigenvalue weighted by atomic mass is 32.2.